The number of carbonyl (C=O) groups is 1. The number of fused-ring (bicyclic) bond motifs is 2. The molecule has 2 nitrogen and oxygen atoms in total. The monoisotopic (exact) mass is 227 g/mol. The molecule has 0 N–H and O–H groups in total. The Hall–Kier alpha value is -1.74. The number of benzene rings is 1. The molecule has 0 saturated carbocycles. The number of nitrogens with zero attached hydrogens (tertiary/aromatic N) is 1. The lowest BCUT2D eigenvalue weighted by Crippen LogP contribution is -2.33. The van der Waals surface area contributed by atoms with E-state index in [9.17, 15) is 4.79 Å². The second-order valence-electron chi connectivity index (χ2n) is 3.54. The van der Waals surface area contributed by atoms with E-state index in [2.05, 4.69) is 0 Å². The fourth-order valence-electron chi connectivity index (χ4n) is 1.86. The van der Waals surface area contributed by atoms with Crippen molar-refractivity contribution in [1.82, 2.24) is 4.90 Å². The summed E-state index contributed by atoms with van der Waals surface area (Å²) in [6.07, 6.45) is 7.79. The standard InChI is InChI=1S/C13H9NOS/c15-13-12-11-6-2-1-4-10(11)5-3-7-14(12)8-9-16-13/h1-9H. The SMILES string of the molecule is O=C1SC=CN2C=CC=c3ccccc3=C12. The topological polar surface area (TPSA) is 20.3 Å². The van der Waals surface area contributed by atoms with Crippen LogP contribution in [0.15, 0.2) is 48.1 Å². The van der Waals surface area contributed by atoms with Gasteiger partial charge in [-0.1, -0.05) is 42.1 Å². The molecule has 0 unspecified atom stereocenters. The van der Waals surface area contributed by atoms with E-state index in [0.717, 1.165) is 16.1 Å². The molecule has 2 aliphatic rings. The van der Waals surface area contributed by atoms with Crippen molar-refractivity contribution in [3.8, 4) is 0 Å². The smallest absolute Gasteiger partial charge is 0.240 e. The van der Waals surface area contributed by atoms with Gasteiger partial charge in [-0.25, -0.2) is 0 Å². The lowest BCUT2D eigenvalue weighted by Gasteiger charge is -2.20. The van der Waals surface area contributed by atoms with Crippen molar-refractivity contribution in [3.05, 3.63) is 58.6 Å². The number of thioether (sulfide) groups is 1. The van der Waals surface area contributed by atoms with Crippen molar-refractivity contribution >= 4 is 28.7 Å². The Labute approximate surface area is 97.3 Å². The first-order chi connectivity index (χ1) is 7.86. The fraction of sp³-hybridized carbons (Fsp3) is 0. The van der Waals surface area contributed by atoms with Gasteiger partial charge in [-0.05, 0) is 16.7 Å². The fourth-order valence-corrected chi connectivity index (χ4v) is 2.51. The van der Waals surface area contributed by atoms with Gasteiger partial charge in [0.1, 0.15) is 5.70 Å². The molecule has 0 radical (unpaired) electrons. The number of allylic oxidation sites excluding steroid dienone is 1. The average molecular weight is 227 g/mol. The largest absolute Gasteiger partial charge is 0.319 e. The third-order valence-corrected chi connectivity index (χ3v) is 3.25. The summed E-state index contributed by atoms with van der Waals surface area (Å²) in [4.78, 5) is 13.8. The Bertz CT molecular complexity index is 628. The van der Waals surface area contributed by atoms with Crippen molar-refractivity contribution in [1.29, 1.82) is 0 Å². The zero-order valence-electron chi connectivity index (χ0n) is 8.46. The second kappa shape index (κ2) is 3.68. The number of hydrogen-bond acceptors (Lipinski definition) is 3. The molecular formula is C13H9NOS. The van der Waals surface area contributed by atoms with Crippen LogP contribution in [-0.2, 0) is 4.79 Å². The van der Waals surface area contributed by atoms with E-state index in [4.69, 9.17) is 0 Å². The highest BCUT2D eigenvalue weighted by Gasteiger charge is 2.19. The molecule has 78 valence electrons. The minimum atomic E-state index is 0.0925. The molecule has 0 aromatic heterocycles. The predicted molar refractivity (Wildman–Crippen MR) is 66.3 cm³/mol. The van der Waals surface area contributed by atoms with Crippen LogP contribution in [-0.4, -0.2) is 10.0 Å². The van der Waals surface area contributed by atoms with E-state index in [1.165, 1.54) is 11.8 Å². The molecule has 2 heterocycles. The van der Waals surface area contributed by atoms with Crippen LogP contribution < -0.4 is 10.4 Å². The predicted octanol–water partition coefficient (Wildman–Crippen LogP) is 1.15. The highest BCUT2D eigenvalue weighted by molar-refractivity contribution is 8.17. The molecule has 0 saturated heterocycles. The van der Waals surface area contributed by atoms with E-state index >= 15 is 0 Å². The minimum absolute atomic E-state index is 0.0925. The molecule has 16 heavy (non-hydrogen) atoms. The van der Waals surface area contributed by atoms with Crippen molar-refractivity contribution in [3.63, 3.8) is 0 Å². The molecule has 1 aromatic rings. The van der Waals surface area contributed by atoms with E-state index in [-0.39, 0.29) is 5.12 Å². The Morgan fingerprint density at radius 1 is 1.12 bits per heavy atom. The van der Waals surface area contributed by atoms with E-state index in [0.29, 0.717) is 0 Å². The maximum Gasteiger partial charge on any atom is 0.240 e. The van der Waals surface area contributed by atoms with Gasteiger partial charge in [0.25, 0.3) is 0 Å². The third kappa shape index (κ3) is 1.41. The quantitative estimate of drug-likeness (QED) is 0.663. The normalized spacial score (nSPS) is 17.6. The maximum absolute atomic E-state index is 11.9. The average Bonchev–Trinajstić information content (AvgIpc) is 2.49. The van der Waals surface area contributed by atoms with E-state index < -0.39 is 0 Å². The summed E-state index contributed by atoms with van der Waals surface area (Å²) < 4.78 is 0. The van der Waals surface area contributed by atoms with Crippen LogP contribution in [0.1, 0.15) is 0 Å². The van der Waals surface area contributed by atoms with Crippen LogP contribution in [0.25, 0.3) is 11.8 Å². The lowest BCUT2D eigenvalue weighted by molar-refractivity contribution is -0.107. The summed E-state index contributed by atoms with van der Waals surface area (Å²) in [5.41, 5.74) is 0.744. The molecular weight excluding hydrogens is 218 g/mol. The van der Waals surface area contributed by atoms with Crippen LogP contribution in [0.5, 0.6) is 0 Å². The van der Waals surface area contributed by atoms with Gasteiger partial charge in [-0.3, -0.25) is 4.79 Å². The van der Waals surface area contributed by atoms with Gasteiger partial charge >= 0.3 is 0 Å². The van der Waals surface area contributed by atoms with Crippen LogP contribution in [0.2, 0.25) is 0 Å². The molecule has 0 amide bonds. The van der Waals surface area contributed by atoms with Crippen LogP contribution >= 0.6 is 11.8 Å². The summed E-state index contributed by atoms with van der Waals surface area (Å²) in [5.74, 6) is 0. The number of rotatable bonds is 0. The Morgan fingerprint density at radius 3 is 2.94 bits per heavy atom. The van der Waals surface area contributed by atoms with Gasteiger partial charge in [-0.15, -0.1) is 0 Å². The minimum Gasteiger partial charge on any atom is -0.319 e. The van der Waals surface area contributed by atoms with Gasteiger partial charge in [0, 0.05) is 17.6 Å². The molecule has 0 bridgehead atoms. The van der Waals surface area contributed by atoms with Gasteiger partial charge in [0.15, 0.2) is 0 Å². The summed E-state index contributed by atoms with van der Waals surface area (Å²) >= 11 is 1.23. The number of hydrogen-bond donors (Lipinski definition) is 0. The highest BCUT2D eigenvalue weighted by Crippen LogP contribution is 2.23. The first-order valence-electron chi connectivity index (χ1n) is 5.00. The molecule has 0 fully saturated rings. The first kappa shape index (κ1) is 9.48. The molecule has 2 aliphatic heterocycles. The summed E-state index contributed by atoms with van der Waals surface area (Å²) in [6, 6.07) is 7.94. The zero-order valence-corrected chi connectivity index (χ0v) is 9.28. The van der Waals surface area contributed by atoms with Crippen molar-refractivity contribution in [2.45, 2.75) is 0 Å². The van der Waals surface area contributed by atoms with Gasteiger partial charge in [0.2, 0.25) is 5.12 Å². The van der Waals surface area contributed by atoms with Crippen LogP contribution in [0, 0.1) is 0 Å². The molecule has 0 spiro atoms. The van der Waals surface area contributed by atoms with Crippen LogP contribution in [0.4, 0.5) is 0 Å². The lowest BCUT2D eigenvalue weighted by atomic mass is 10.2. The summed E-state index contributed by atoms with van der Waals surface area (Å²) in [5, 5.41) is 3.98. The molecule has 0 atom stereocenters. The summed E-state index contributed by atoms with van der Waals surface area (Å²) in [6.45, 7) is 0. The molecule has 1 aromatic carbocycles. The molecule has 3 rings (SSSR count). The Morgan fingerprint density at radius 2 is 2.00 bits per heavy atom. The third-order valence-electron chi connectivity index (χ3n) is 2.59. The van der Waals surface area contributed by atoms with Crippen LogP contribution in [0.3, 0.4) is 0 Å². The van der Waals surface area contributed by atoms with Gasteiger partial charge in [0.05, 0.1) is 0 Å². The van der Waals surface area contributed by atoms with Crippen molar-refractivity contribution in [2.24, 2.45) is 0 Å². The zero-order chi connectivity index (χ0) is 11.0. The van der Waals surface area contributed by atoms with Crippen molar-refractivity contribution < 1.29 is 4.79 Å². The highest BCUT2D eigenvalue weighted by atomic mass is 32.2. The maximum atomic E-state index is 11.9. The first-order valence-corrected chi connectivity index (χ1v) is 5.88. The Kier molecular flexibility index (Phi) is 2.18. The molecule has 3 heteroatoms. The Balaban J connectivity index is 2.45. The van der Waals surface area contributed by atoms with Gasteiger partial charge < -0.3 is 4.90 Å². The van der Waals surface area contributed by atoms with E-state index in [1.807, 2.05) is 59.1 Å². The van der Waals surface area contributed by atoms with Crippen molar-refractivity contribution in [2.75, 3.05) is 0 Å². The van der Waals surface area contributed by atoms with E-state index in [1.54, 1.807) is 0 Å². The van der Waals surface area contributed by atoms with Gasteiger partial charge in [-0.2, -0.15) is 0 Å². The number of carbonyl (C=O) groups excluding carboxylic acids is 1. The molecule has 0 aliphatic carbocycles. The summed E-state index contributed by atoms with van der Waals surface area (Å²) in [7, 11) is 0. The second-order valence-corrected chi connectivity index (χ2v) is 4.42.